The molecule has 0 bridgehead atoms. The number of benzene rings is 1. The summed E-state index contributed by atoms with van der Waals surface area (Å²) in [5.41, 5.74) is 1.27. The van der Waals surface area contributed by atoms with Crippen molar-refractivity contribution >= 4 is 22.6 Å². The number of hydrogen-bond donors (Lipinski definition) is 1. The standard InChI is InChI=1S/C21H35IO/c1-2-3-4-5-6-7-8-9-10-11-12-13-14-15-19-16-17-20(22)21(23)18-19/h16-18,23H,2-15H2,1H3. The van der Waals surface area contributed by atoms with Crippen LogP contribution in [0.3, 0.4) is 0 Å². The molecule has 0 heterocycles. The second-order valence-electron chi connectivity index (χ2n) is 6.78. The summed E-state index contributed by atoms with van der Waals surface area (Å²) in [5, 5.41) is 9.70. The summed E-state index contributed by atoms with van der Waals surface area (Å²) in [6.07, 6.45) is 19.3. The Kier molecular flexibility index (Phi) is 12.8. The van der Waals surface area contributed by atoms with Crippen molar-refractivity contribution in [3.05, 3.63) is 27.3 Å². The van der Waals surface area contributed by atoms with Crippen LogP contribution in [0.15, 0.2) is 18.2 Å². The van der Waals surface area contributed by atoms with E-state index in [0.717, 1.165) is 9.99 Å². The Hall–Kier alpha value is -0.250. The van der Waals surface area contributed by atoms with E-state index in [9.17, 15) is 5.11 Å². The lowest BCUT2D eigenvalue weighted by molar-refractivity contribution is 0.470. The molecule has 1 N–H and O–H groups in total. The third kappa shape index (κ3) is 11.0. The minimum atomic E-state index is 0.429. The van der Waals surface area contributed by atoms with Gasteiger partial charge in [-0.05, 0) is 53.1 Å². The van der Waals surface area contributed by atoms with Gasteiger partial charge in [-0.1, -0.05) is 90.0 Å². The van der Waals surface area contributed by atoms with E-state index in [-0.39, 0.29) is 0 Å². The van der Waals surface area contributed by atoms with E-state index in [2.05, 4.69) is 35.6 Å². The molecular formula is C21H35IO. The lowest BCUT2D eigenvalue weighted by Crippen LogP contribution is -1.87. The summed E-state index contributed by atoms with van der Waals surface area (Å²) >= 11 is 2.17. The fraction of sp³-hybridized carbons (Fsp3) is 0.714. The van der Waals surface area contributed by atoms with Gasteiger partial charge < -0.3 is 5.11 Å². The second-order valence-corrected chi connectivity index (χ2v) is 7.94. The van der Waals surface area contributed by atoms with Gasteiger partial charge >= 0.3 is 0 Å². The number of rotatable bonds is 14. The quantitative estimate of drug-likeness (QED) is 0.238. The molecule has 2 heteroatoms. The first-order valence-corrected chi connectivity index (χ1v) is 10.8. The van der Waals surface area contributed by atoms with E-state index >= 15 is 0 Å². The molecule has 132 valence electrons. The molecular weight excluding hydrogens is 395 g/mol. The van der Waals surface area contributed by atoms with Crippen LogP contribution < -0.4 is 0 Å². The van der Waals surface area contributed by atoms with Crippen LogP contribution >= 0.6 is 22.6 Å². The number of aryl methyl sites for hydroxylation is 1. The largest absolute Gasteiger partial charge is 0.507 e. The van der Waals surface area contributed by atoms with Crippen molar-refractivity contribution < 1.29 is 5.11 Å². The third-order valence-corrected chi connectivity index (χ3v) is 5.49. The Morgan fingerprint density at radius 3 is 1.70 bits per heavy atom. The van der Waals surface area contributed by atoms with Crippen LogP contribution in [-0.2, 0) is 6.42 Å². The summed E-state index contributed by atoms with van der Waals surface area (Å²) in [6, 6.07) is 6.07. The van der Waals surface area contributed by atoms with Crippen LogP contribution in [0.5, 0.6) is 5.75 Å². The summed E-state index contributed by atoms with van der Waals surface area (Å²) in [7, 11) is 0. The normalized spacial score (nSPS) is 11.0. The van der Waals surface area contributed by atoms with E-state index in [1.54, 1.807) is 0 Å². The molecule has 0 atom stereocenters. The van der Waals surface area contributed by atoms with Crippen LogP contribution in [0.2, 0.25) is 0 Å². The predicted molar refractivity (Wildman–Crippen MR) is 110 cm³/mol. The Morgan fingerprint density at radius 1 is 0.739 bits per heavy atom. The van der Waals surface area contributed by atoms with E-state index in [4.69, 9.17) is 0 Å². The van der Waals surface area contributed by atoms with Crippen LogP contribution in [-0.4, -0.2) is 5.11 Å². The van der Waals surface area contributed by atoms with E-state index in [0.29, 0.717) is 5.75 Å². The van der Waals surface area contributed by atoms with Gasteiger partial charge in [0, 0.05) is 0 Å². The molecule has 0 saturated heterocycles. The minimum absolute atomic E-state index is 0.429. The number of hydrogen-bond acceptors (Lipinski definition) is 1. The molecule has 0 saturated carbocycles. The molecule has 0 spiro atoms. The summed E-state index contributed by atoms with van der Waals surface area (Å²) in [4.78, 5) is 0. The lowest BCUT2D eigenvalue weighted by atomic mass is 10.0. The van der Waals surface area contributed by atoms with Crippen molar-refractivity contribution in [1.82, 2.24) is 0 Å². The van der Waals surface area contributed by atoms with Gasteiger partial charge in [-0.2, -0.15) is 0 Å². The molecule has 0 aliphatic heterocycles. The predicted octanol–water partition coefficient (Wildman–Crippen LogP) is 7.63. The van der Waals surface area contributed by atoms with Crippen LogP contribution in [0.4, 0.5) is 0 Å². The molecule has 0 aliphatic rings. The lowest BCUT2D eigenvalue weighted by Gasteiger charge is -2.05. The van der Waals surface area contributed by atoms with Crippen LogP contribution in [0.25, 0.3) is 0 Å². The molecule has 0 aliphatic carbocycles. The minimum Gasteiger partial charge on any atom is -0.507 e. The fourth-order valence-electron chi connectivity index (χ4n) is 3.06. The Bertz CT molecular complexity index is 403. The maximum Gasteiger partial charge on any atom is 0.129 e. The van der Waals surface area contributed by atoms with E-state index < -0.39 is 0 Å². The van der Waals surface area contributed by atoms with Gasteiger partial charge in [0.05, 0.1) is 3.57 Å². The highest BCUT2D eigenvalue weighted by atomic mass is 127. The highest BCUT2D eigenvalue weighted by molar-refractivity contribution is 14.1. The van der Waals surface area contributed by atoms with Gasteiger partial charge in [0.2, 0.25) is 0 Å². The first-order chi connectivity index (χ1) is 11.2. The highest BCUT2D eigenvalue weighted by Gasteiger charge is 2.00. The van der Waals surface area contributed by atoms with Gasteiger partial charge in [0.15, 0.2) is 0 Å². The van der Waals surface area contributed by atoms with Crippen molar-refractivity contribution in [2.45, 2.75) is 96.8 Å². The Balaban J connectivity index is 1.85. The first kappa shape index (κ1) is 20.8. The zero-order valence-electron chi connectivity index (χ0n) is 15.0. The topological polar surface area (TPSA) is 20.2 Å². The number of aromatic hydroxyl groups is 1. The van der Waals surface area contributed by atoms with Crippen molar-refractivity contribution in [3.8, 4) is 5.75 Å². The smallest absolute Gasteiger partial charge is 0.129 e. The maximum absolute atomic E-state index is 9.70. The zero-order valence-corrected chi connectivity index (χ0v) is 17.1. The van der Waals surface area contributed by atoms with Crippen molar-refractivity contribution in [2.75, 3.05) is 0 Å². The highest BCUT2D eigenvalue weighted by Crippen LogP contribution is 2.21. The number of phenols is 1. The molecule has 1 aromatic carbocycles. The summed E-state index contributed by atoms with van der Waals surface area (Å²) < 4.78 is 0.941. The van der Waals surface area contributed by atoms with Gasteiger partial charge in [0.25, 0.3) is 0 Å². The van der Waals surface area contributed by atoms with E-state index in [1.807, 2.05) is 12.1 Å². The third-order valence-electron chi connectivity index (χ3n) is 4.58. The number of unbranched alkanes of at least 4 members (excludes halogenated alkanes) is 12. The van der Waals surface area contributed by atoms with Crippen LogP contribution in [0.1, 0.15) is 96.0 Å². The fourth-order valence-corrected chi connectivity index (χ4v) is 3.40. The molecule has 0 radical (unpaired) electrons. The summed E-state index contributed by atoms with van der Waals surface area (Å²) in [5.74, 6) is 0.429. The number of phenolic OH excluding ortho intramolecular Hbond substituents is 1. The van der Waals surface area contributed by atoms with Crippen LogP contribution in [0, 0.1) is 3.57 Å². The molecule has 0 unspecified atom stereocenters. The van der Waals surface area contributed by atoms with Gasteiger partial charge in [-0.3, -0.25) is 0 Å². The molecule has 1 nitrogen and oxygen atoms in total. The summed E-state index contributed by atoms with van der Waals surface area (Å²) in [6.45, 7) is 2.28. The van der Waals surface area contributed by atoms with Gasteiger partial charge in [0.1, 0.15) is 5.75 Å². The van der Waals surface area contributed by atoms with Crippen molar-refractivity contribution in [3.63, 3.8) is 0 Å². The monoisotopic (exact) mass is 430 g/mol. The second kappa shape index (κ2) is 14.1. The average Bonchev–Trinajstić information content (AvgIpc) is 2.55. The number of halogens is 1. The zero-order chi connectivity index (χ0) is 16.8. The average molecular weight is 430 g/mol. The van der Waals surface area contributed by atoms with E-state index in [1.165, 1.54) is 89.0 Å². The van der Waals surface area contributed by atoms with Crippen molar-refractivity contribution in [2.24, 2.45) is 0 Å². The molecule has 0 fully saturated rings. The Labute approximate surface area is 157 Å². The molecule has 23 heavy (non-hydrogen) atoms. The van der Waals surface area contributed by atoms with Gasteiger partial charge in [-0.25, -0.2) is 0 Å². The maximum atomic E-state index is 9.70. The molecule has 1 rings (SSSR count). The molecule has 0 amide bonds. The molecule has 0 aromatic heterocycles. The molecule has 1 aromatic rings. The van der Waals surface area contributed by atoms with Crippen molar-refractivity contribution in [1.29, 1.82) is 0 Å². The van der Waals surface area contributed by atoms with Gasteiger partial charge in [-0.15, -0.1) is 0 Å². The Morgan fingerprint density at radius 2 is 1.22 bits per heavy atom. The SMILES string of the molecule is CCCCCCCCCCCCCCCc1ccc(I)c(O)c1. The first-order valence-electron chi connectivity index (χ1n) is 9.71.